The van der Waals surface area contributed by atoms with Gasteiger partial charge in [-0.25, -0.2) is 0 Å². The number of hydrogen-bond donors (Lipinski definition) is 2. The van der Waals surface area contributed by atoms with Gasteiger partial charge < -0.3 is 10.6 Å². The second-order valence-corrected chi connectivity index (χ2v) is 7.29. The molecule has 1 heterocycles. The van der Waals surface area contributed by atoms with E-state index in [0.717, 1.165) is 22.7 Å². The average molecular weight is 390 g/mol. The molecule has 5 nitrogen and oxygen atoms in total. The summed E-state index contributed by atoms with van der Waals surface area (Å²) in [4.78, 5) is 4.35. The summed E-state index contributed by atoms with van der Waals surface area (Å²) in [5, 5.41) is 11.1. The molecular formula is C18H24BrN5. The van der Waals surface area contributed by atoms with Crippen LogP contribution in [-0.4, -0.2) is 29.3 Å². The molecule has 1 aliphatic carbocycles. The van der Waals surface area contributed by atoms with E-state index < -0.39 is 0 Å². The molecule has 0 unspecified atom stereocenters. The fraction of sp³-hybridized carbons (Fsp3) is 0.444. The maximum atomic E-state index is 4.35. The topological polar surface area (TPSA) is 54.2 Å². The third-order valence-corrected chi connectivity index (χ3v) is 5.42. The Labute approximate surface area is 151 Å². The van der Waals surface area contributed by atoms with Gasteiger partial charge in [0.15, 0.2) is 5.96 Å². The Balaban J connectivity index is 1.61. The fourth-order valence-corrected chi connectivity index (χ4v) is 3.61. The largest absolute Gasteiger partial charge is 0.356 e. The highest BCUT2D eigenvalue weighted by molar-refractivity contribution is 9.10. The molecule has 3 rings (SSSR count). The number of guanidine groups is 1. The van der Waals surface area contributed by atoms with Gasteiger partial charge in [0.05, 0.1) is 12.2 Å². The van der Waals surface area contributed by atoms with Gasteiger partial charge in [0, 0.05) is 36.7 Å². The molecule has 0 radical (unpaired) electrons. The maximum absolute atomic E-state index is 4.35. The van der Waals surface area contributed by atoms with Crippen LogP contribution in [0.15, 0.2) is 46.0 Å². The van der Waals surface area contributed by atoms with Gasteiger partial charge in [-0.05, 0) is 36.6 Å². The van der Waals surface area contributed by atoms with E-state index in [1.807, 2.05) is 31.0 Å². The Kier molecular flexibility index (Phi) is 5.23. The molecule has 1 aromatic carbocycles. The van der Waals surface area contributed by atoms with Gasteiger partial charge in [-0.2, -0.15) is 5.10 Å². The zero-order chi connectivity index (χ0) is 17.0. The number of aryl methyl sites for hydroxylation is 1. The molecule has 1 fully saturated rings. The van der Waals surface area contributed by atoms with Gasteiger partial charge in [-0.15, -0.1) is 0 Å². The van der Waals surface area contributed by atoms with E-state index in [1.54, 1.807) is 0 Å². The molecule has 0 amide bonds. The Morgan fingerprint density at radius 1 is 1.33 bits per heavy atom. The van der Waals surface area contributed by atoms with Gasteiger partial charge >= 0.3 is 0 Å². The molecule has 1 aliphatic rings. The minimum absolute atomic E-state index is 0.216. The molecule has 2 N–H and O–H groups in total. The molecule has 0 bridgehead atoms. The van der Waals surface area contributed by atoms with Crippen LogP contribution < -0.4 is 10.6 Å². The minimum Gasteiger partial charge on any atom is -0.356 e. The molecule has 0 saturated heterocycles. The standard InChI is InChI=1S/C18H24BrN5/c1-20-17(21-12-16-7-10-23-24(16)2)22-13-18(8-4-9-18)14-5-3-6-15(19)11-14/h3,5-7,10-11H,4,8-9,12-13H2,1-2H3,(H2,20,21,22). The highest BCUT2D eigenvalue weighted by Gasteiger charge is 2.38. The lowest BCUT2D eigenvalue weighted by molar-refractivity contribution is 0.243. The van der Waals surface area contributed by atoms with Gasteiger partial charge in [-0.3, -0.25) is 9.67 Å². The van der Waals surface area contributed by atoms with Gasteiger partial charge in [0.1, 0.15) is 0 Å². The van der Waals surface area contributed by atoms with Gasteiger partial charge in [-0.1, -0.05) is 34.5 Å². The van der Waals surface area contributed by atoms with Crippen LogP contribution in [0, 0.1) is 0 Å². The Morgan fingerprint density at radius 2 is 2.17 bits per heavy atom. The zero-order valence-electron chi connectivity index (χ0n) is 14.2. The molecular weight excluding hydrogens is 366 g/mol. The molecule has 2 aromatic rings. The summed E-state index contributed by atoms with van der Waals surface area (Å²) in [6.45, 7) is 1.61. The summed E-state index contributed by atoms with van der Waals surface area (Å²) in [5.74, 6) is 0.831. The molecule has 24 heavy (non-hydrogen) atoms. The lowest BCUT2D eigenvalue weighted by Gasteiger charge is -2.43. The van der Waals surface area contributed by atoms with E-state index in [0.29, 0.717) is 6.54 Å². The Hall–Kier alpha value is -1.82. The lowest BCUT2D eigenvalue weighted by Crippen LogP contribution is -2.48. The quantitative estimate of drug-likeness (QED) is 0.610. The van der Waals surface area contributed by atoms with Crippen LogP contribution in [0.25, 0.3) is 0 Å². The van der Waals surface area contributed by atoms with Crippen molar-refractivity contribution < 1.29 is 0 Å². The first-order chi connectivity index (χ1) is 11.6. The van der Waals surface area contributed by atoms with Crippen molar-refractivity contribution in [2.45, 2.75) is 31.2 Å². The fourth-order valence-electron chi connectivity index (χ4n) is 3.21. The van der Waals surface area contributed by atoms with Crippen LogP contribution in [0.2, 0.25) is 0 Å². The number of rotatable bonds is 5. The first-order valence-electron chi connectivity index (χ1n) is 8.30. The Morgan fingerprint density at radius 3 is 2.75 bits per heavy atom. The highest BCUT2D eigenvalue weighted by atomic mass is 79.9. The smallest absolute Gasteiger partial charge is 0.191 e. The highest BCUT2D eigenvalue weighted by Crippen LogP contribution is 2.43. The van der Waals surface area contributed by atoms with E-state index in [9.17, 15) is 0 Å². The van der Waals surface area contributed by atoms with Crippen LogP contribution in [0.4, 0.5) is 0 Å². The molecule has 128 valence electrons. The number of aliphatic imine (C=N–C) groups is 1. The third-order valence-electron chi connectivity index (χ3n) is 4.92. The van der Waals surface area contributed by atoms with Crippen LogP contribution >= 0.6 is 15.9 Å². The van der Waals surface area contributed by atoms with E-state index >= 15 is 0 Å². The SMILES string of the molecule is CN=C(NCc1ccnn1C)NCC1(c2cccc(Br)c2)CCC1. The van der Waals surface area contributed by atoms with Crippen LogP contribution in [0.1, 0.15) is 30.5 Å². The predicted molar refractivity (Wildman–Crippen MR) is 101 cm³/mol. The van der Waals surface area contributed by atoms with Gasteiger partial charge in [0.25, 0.3) is 0 Å². The number of aromatic nitrogens is 2. The van der Waals surface area contributed by atoms with Crippen molar-refractivity contribution in [2.75, 3.05) is 13.6 Å². The number of halogens is 1. The van der Waals surface area contributed by atoms with Crippen molar-refractivity contribution in [2.24, 2.45) is 12.0 Å². The van der Waals surface area contributed by atoms with E-state index in [2.05, 4.69) is 60.9 Å². The first kappa shape index (κ1) is 17.0. The third kappa shape index (κ3) is 3.64. The van der Waals surface area contributed by atoms with Gasteiger partial charge in [0.2, 0.25) is 0 Å². The van der Waals surface area contributed by atoms with Crippen molar-refractivity contribution in [3.63, 3.8) is 0 Å². The number of benzene rings is 1. The summed E-state index contributed by atoms with van der Waals surface area (Å²) in [6, 6.07) is 10.7. The second-order valence-electron chi connectivity index (χ2n) is 6.37. The molecule has 0 spiro atoms. The number of hydrogen-bond acceptors (Lipinski definition) is 2. The summed E-state index contributed by atoms with van der Waals surface area (Å²) in [7, 11) is 3.76. The summed E-state index contributed by atoms with van der Waals surface area (Å²) in [5.41, 5.74) is 2.74. The normalized spacial score (nSPS) is 16.5. The van der Waals surface area contributed by atoms with E-state index in [-0.39, 0.29) is 5.41 Å². The molecule has 1 aromatic heterocycles. The summed E-state index contributed by atoms with van der Waals surface area (Å²) < 4.78 is 3.01. The number of nitrogens with zero attached hydrogens (tertiary/aromatic N) is 3. The first-order valence-corrected chi connectivity index (χ1v) is 9.10. The maximum Gasteiger partial charge on any atom is 0.191 e. The molecule has 0 atom stereocenters. The van der Waals surface area contributed by atoms with Crippen molar-refractivity contribution in [1.82, 2.24) is 20.4 Å². The van der Waals surface area contributed by atoms with E-state index in [4.69, 9.17) is 0 Å². The second kappa shape index (κ2) is 7.38. The molecule has 0 aliphatic heterocycles. The van der Waals surface area contributed by atoms with E-state index in [1.165, 1.54) is 24.8 Å². The zero-order valence-corrected chi connectivity index (χ0v) is 15.8. The van der Waals surface area contributed by atoms with Crippen LogP contribution in [0.3, 0.4) is 0 Å². The minimum atomic E-state index is 0.216. The van der Waals surface area contributed by atoms with Crippen molar-refractivity contribution >= 4 is 21.9 Å². The van der Waals surface area contributed by atoms with Crippen LogP contribution in [-0.2, 0) is 19.0 Å². The number of nitrogens with one attached hydrogen (secondary N) is 2. The average Bonchev–Trinajstić information content (AvgIpc) is 2.94. The summed E-state index contributed by atoms with van der Waals surface area (Å²) in [6.07, 6.45) is 5.53. The monoisotopic (exact) mass is 389 g/mol. The Bertz CT molecular complexity index is 718. The molecule has 6 heteroatoms. The van der Waals surface area contributed by atoms with Crippen molar-refractivity contribution in [3.8, 4) is 0 Å². The molecule has 1 saturated carbocycles. The lowest BCUT2D eigenvalue weighted by atomic mass is 9.64. The van der Waals surface area contributed by atoms with Crippen LogP contribution in [0.5, 0.6) is 0 Å². The van der Waals surface area contributed by atoms with Crippen molar-refractivity contribution in [3.05, 3.63) is 52.3 Å². The predicted octanol–water partition coefficient (Wildman–Crippen LogP) is 2.97. The summed E-state index contributed by atoms with van der Waals surface area (Å²) >= 11 is 3.59. The van der Waals surface area contributed by atoms with Crippen molar-refractivity contribution in [1.29, 1.82) is 0 Å².